The Morgan fingerprint density at radius 2 is 1.09 bits per heavy atom. The van der Waals surface area contributed by atoms with Gasteiger partial charge in [0.25, 0.3) is 6.71 Å². The largest absolute Gasteiger partial charge is 0.456 e. The molecule has 7 aliphatic rings. The van der Waals surface area contributed by atoms with Gasteiger partial charge in [-0.15, -0.1) is 11.3 Å². The summed E-state index contributed by atoms with van der Waals surface area (Å²) in [6.07, 6.45) is 9.27. The van der Waals surface area contributed by atoms with E-state index in [2.05, 4.69) is 232 Å². The molecule has 0 amide bonds. The highest BCUT2D eigenvalue weighted by Gasteiger charge is 2.60. The molecule has 1 saturated carbocycles. The predicted molar refractivity (Wildman–Crippen MR) is 351 cm³/mol. The van der Waals surface area contributed by atoms with Gasteiger partial charge in [-0.3, -0.25) is 0 Å². The summed E-state index contributed by atoms with van der Waals surface area (Å²) in [5.74, 6) is 0. The normalized spacial score (nSPS) is 23.9. The quantitative estimate of drug-likeness (QED) is 0.153. The molecule has 10 aromatic rings. The molecule has 6 heterocycles. The monoisotopic (exact) mass is 1090 g/mol. The molecule has 410 valence electrons. The van der Waals surface area contributed by atoms with Gasteiger partial charge in [-0.05, 0) is 196 Å². The summed E-state index contributed by atoms with van der Waals surface area (Å²) in [5, 5.41) is 4.99. The summed E-state index contributed by atoms with van der Waals surface area (Å²) in [7, 11) is 0. The maximum absolute atomic E-state index is 7.03. The third-order valence-corrected chi connectivity index (χ3v) is 24.4. The van der Waals surface area contributed by atoms with Gasteiger partial charge in [0.05, 0.1) is 15.9 Å². The fourth-order valence-corrected chi connectivity index (χ4v) is 19.3. The van der Waals surface area contributed by atoms with Crippen molar-refractivity contribution >= 4 is 122 Å². The second-order valence-corrected chi connectivity index (χ2v) is 31.2. The summed E-state index contributed by atoms with van der Waals surface area (Å²) in [5.41, 5.74) is 27.6. The van der Waals surface area contributed by atoms with Gasteiger partial charge in [0.1, 0.15) is 11.2 Å². The van der Waals surface area contributed by atoms with Crippen LogP contribution in [0.15, 0.2) is 132 Å². The van der Waals surface area contributed by atoms with Gasteiger partial charge in [0, 0.05) is 76.9 Å². The zero-order chi connectivity index (χ0) is 56.3. The lowest BCUT2D eigenvalue weighted by Crippen LogP contribution is -2.62. The van der Waals surface area contributed by atoms with E-state index in [0.717, 1.165) is 43.3 Å². The molecule has 0 saturated heterocycles. The molecule has 82 heavy (non-hydrogen) atoms. The minimum atomic E-state index is -0.247. The first-order valence-corrected chi connectivity index (χ1v) is 31.8. The van der Waals surface area contributed by atoms with Crippen LogP contribution in [0.5, 0.6) is 0 Å². The number of para-hydroxylation sites is 1. The zero-order valence-corrected chi connectivity index (χ0v) is 51.3. The molecule has 3 atom stereocenters. The summed E-state index contributed by atoms with van der Waals surface area (Å²) in [6, 6.07) is 51.7. The van der Waals surface area contributed by atoms with Gasteiger partial charge < -0.3 is 19.1 Å². The van der Waals surface area contributed by atoms with Gasteiger partial charge in [0.2, 0.25) is 0 Å². The van der Waals surface area contributed by atoms with E-state index in [1.165, 1.54) is 151 Å². The summed E-state index contributed by atoms with van der Waals surface area (Å²) >= 11 is 1.95. The van der Waals surface area contributed by atoms with Gasteiger partial charge in [-0.25, -0.2) is 0 Å². The summed E-state index contributed by atoms with van der Waals surface area (Å²) < 4.78 is 9.70. The standard InChI is InChI=1S/C76H76BN3OS/c1-43-33-50-54-40-59(43)79-61-36-48-45-21-14-16-25-65(45)81-66(48)42-57(61)77-56-38-51-52(72(7,8)30-29-71(51,5)6)39-62(56)78(58-24-20-23-47-46-22-15-17-26-67(46)82-69(47)58)63-34-44(35-64(79)68(63)77)80-60-41-53(74(54,11)32-31-73(50,9)10)49(70(2,3)4)37-55(60)75(12)27-18-19-28-76(75,80)13/h14-17,20-26,33-42H,18-19,27-32H2,1-13H3. The number of hydrogen-bond acceptors (Lipinski definition) is 5. The number of hydrogen-bond donors (Lipinski definition) is 0. The van der Waals surface area contributed by atoms with Crippen molar-refractivity contribution in [2.24, 2.45) is 0 Å². The van der Waals surface area contributed by atoms with Crippen LogP contribution in [0.25, 0.3) is 42.1 Å². The Hall–Kier alpha value is -6.76. The second kappa shape index (κ2) is 15.7. The van der Waals surface area contributed by atoms with Crippen molar-refractivity contribution in [1.29, 1.82) is 0 Å². The minimum absolute atomic E-state index is 0.000759. The average Bonchev–Trinajstić information content (AvgIpc) is 4.16. The molecule has 17 rings (SSSR count). The van der Waals surface area contributed by atoms with E-state index < -0.39 is 0 Å². The van der Waals surface area contributed by atoms with E-state index in [9.17, 15) is 0 Å². The fraction of sp³-hybridized carbons (Fsp3) is 0.368. The third kappa shape index (κ3) is 6.15. The first-order chi connectivity index (χ1) is 39.0. The van der Waals surface area contributed by atoms with Crippen LogP contribution in [0.1, 0.15) is 179 Å². The number of anilines is 8. The van der Waals surface area contributed by atoms with Crippen molar-refractivity contribution in [3.63, 3.8) is 0 Å². The molecular formula is C76H76BN3OS. The van der Waals surface area contributed by atoms with Crippen LogP contribution >= 0.6 is 11.3 Å². The second-order valence-electron chi connectivity index (χ2n) is 30.2. The van der Waals surface area contributed by atoms with Crippen LogP contribution in [-0.2, 0) is 32.5 Å². The molecule has 4 nitrogen and oxygen atoms in total. The molecule has 0 N–H and O–H groups in total. The predicted octanol–water partition coefficient (Wildman–Crippen LogP) is 19.4. The Bertz CT molecular complexity index is 4540. The van der Waals surface area contributed by atoms with Gasteiger partial charge >= 0.3 is 0 Å². The van der Waals surface area contributed by atoms with Crippen LogP contribution in [0, 0.1) is 6.92 Å². The van der Waals surface area contributed by atoms with Gasteiger partial charge in [-0.1, -0.05) is 156 Å². The topological polar surface area (TPSA) is 22.9 Å². The van der Waals surface area contributed by atoms with E-state index >= 15 is 0 Å². The van der Waals surface area contributed by atoms with E-state index in [1.54, 1.807) is 5.56 Å². The lowest BCUT2D eigenvalue weighted by molar-refractivity contribution is 0.195. The number of rotatable bonds is 1. The molecule has 8 aromatic carbocycles. The minimum Gasteiger partial charge on any atom is -0.456 e. The number of furan rings is 1. The van der Waals surface area contributed by atoms with Gasteiger partial charge in [-0.2, -0.15) is 0 Å². The number of benzene rings is 8. The summed E-state index contributed by atoms with van der Waals surface area (Å²) in [4.78, 5) is 8.50. The van der Waals surface area contributed by atoms with E-state index in [0.29, 0.717) is 0 Å². The lowest BCUT2D eigenvalue weighted by Gasteiger charge is -2.51. The number of nitrogens with zero attached hydrogens (tertiary/aromatic N) is 3. The Morgan fingerprint density at radius 3 is 1.84 bits per heavy atom. The SMILES string of the molecule is Cc1cc2c3cc1N1c4cc5c(cc4B4c6cc7c(cc6N(c6cccc8c6sc6ccccc68)c6cc(cc1c64)N1c4cc(c(C(C)(C)C)cc4C4(C)CCCCC14C)C3(C)CCC2(C)C)C(C)(C)CCC7(C)C)oc1ccccc15. The highest BCUT2D eigenvalue weighted by atomic mass is 32.1. The molecule has 4 aliphatic heterocycles. The van der Waals surface area contributed by atoms with Crippen molar-refractivity contribution in [2.75, 3.05) is 14.7 Å². The van der Waals surface area contributed by atoms with Crippen LogP contribution < -0.4 is 31.1 Å². The molecule has 1 fully saturated rings. The number of thiophene rings is 1. The maximum Gasteiger partial charge on any atom is 0.252 e. The smallest absolute Gasteiger partial charge is 0.252 e. The average molecular weight is 1090 g/mol. The first-order valence-electron chi connectivity index (χ1n) is 31.0. The number of aryl methyl sites for hydroxylation is 1. The van der Waals surface area contributed by atoms with Crippen LogP contribution in [0.4, 0.5) is 45.5 Å². The third-order valence-electron chi connectivity index (χ3n) is 23.2. The highest BCUT2D eigenvalue weighted by molar-refractivity contribution is 7.26. The molecule has 6 heteroatoms. The highest BCUT2D eigenvalue weighted by Crippen LogP contribution is 2.65. The number of fused-ring (bicyclic) bond motifs is 21. The van der Waals surface area contributed by atoms with Crippen molar-refractivity contribution in [3.05, 3.63) is 172 Å². The Balaban J connectivity index is 1.09. The lowest BCUT2D eigenvalue weighted by atomic mass is 9.33. The fourth-order valence-electron chi connectivity index (χ4n) is 18.1. The molecule has 3 unspecified atom stereocenters. The van der Waals surface area contributed by atoms with Crippen molar-refractivity contribution in [1.82, 2.24) is 0 Å². The van der Waals surface area contributed by atoms with E-state index in [4.69, 9.17) is 4.42 Å². The summed E-state index contributed by atoms with van der Waals surface area (Å²) in [6.45, 7) is 32.8. The van der Waals surface area contributed by atoms with Crippen molar-refractivity contribution < 1.29 is 4.42 Å². The molecular weight excluding hydrogens is 1010 g/mol. The first kappa shape index (κ1) is 49.8. The van der Waals surface area contributed by atoms with E-state index in [-0.39, 0.29) is 44.7 Å². The van der Waals surface area contributed by atoms with Crippen LogP contribution in [0.3, 0.4) is 0 Å². The molecule has 2 aromatic heterocycles. The van der Waals surface area contributed by atoms with Crippen molar-refractivity contribution in [3.8, 4) is 0 Å². The van der Waals surface area contributed by atoms with Gasteiger partial charge in [0.15, 0.2) is 0 Å². The Kier molecular flexibility index (Phi) is 9.54. The molecule has 3 aliphatic carbocycles. The van der Waals surface area contributed by atoms with Crippen LogP contribution in [-0.4, -0.2) is 12.3 Å². The molecule has 0 spiro atoms. The molecule has 6 bridgehead atoms. The maximum atomic E-state index is 7.03. The van der Waals surface area contributed by atoms with Crippen molar-refractivity contribution in [2.45, 2.75) is 179 Å². The van der Waals surface area contributed by atoms with E-state index in [1.807, 2.05) is 11.3 Å². The van der Waals surface area contributed by atoms with Crippen LogP contribution in [0.2, 0.25) is 0 Å². The Labute approximate surface area is 489 Å². The zero-order valence-electron chi connectivity index (χ0n) is 50.5. The molecule has 0 radical (unpaired) electrons. The Morgan fingerprint density at radius 1 is 0.476 bits per heavy atom.